The lowest BCUT2D eigenvalue weighted by Gasteiger charge is -2.34. The molecule has 254 valence electrons. The summed E-state index contributed by atoms with van der Waals surface area (Å²) in [6.45, 7) is 9.21. The zero-order chi connectivity index (χ0) is 33.2. The quantitative estimate of drug-likeness (QED) is 0.109. The van der Waals surface area contributed by atoms with Crippen molar-refractivity contribution in [2.24, 2.45) is 0 Å². The van der Waals surface area contributed by atoms with Gasteiger partial charge in [0.2, 0.25) is 11.9 Å². The third-order valence-electron chi connectivity index (χ3n) is 8.50. The van der Waals surface area contributed by atoms with Gasteiger partial charge in [-0.15, -0.1) is 0 Å². The SMILES string of the molecule is COc1cc(N2CCC(NCCNCC(=O)NC3CCNCC3)CC2)ccc1Nc1ncc(Cl)c(Nc2ccccc2P(C)(C)=O)n1. The minimum atomic E-state index is -2.53. The number of hydrogen-bond donors (Lipinski definition) is 6. The number of nitrogens with zero attached hydrogens (tertiary/aromatic N) is 3. The predicted octanol–water partition coefficient (Wildman–Crippen LogP) is 3.89. The fourth-order valence-corrected chi connectivity index (χ4v) is 7.24. The Morgan fingerprint density at radius 1 is 1.02 bits per heavy atom. The first-order valence-electron chi connectivity index (χ1n) is 16.3. The number of piperidine rings is 2. The summed E-state index contributed by atoms with van der Waals surface area (Å²) in [5.74, 6) is 1.51. The molecule has 5 rings (SSSR count). The molecule has 3 heterocycles. The van der Waals surface area contributed by atoms with Crippen LogP contribution >= 0.6 is 18.7 Å². The second-order valence-corrected chi connectivity index (χ2v) is 16.0. The van der Waals surface area contributed by atoms with Gasteiger partial charge in [-0.1, -0.05) is 23.7 Å². The van der Waals surface area contributed by atoms with Gasteiger partial charge in [0.25, 0.3) is 0 Å². The predicted molar refractivity (Wildman–Crippen MR) is 192 cm³/mol. The number of rotatable bonds is 14. The summed E-state index contributed by atoms with van der Waals surface area (Å²) in [4.78, 5) is 23.5. The number of halogens is 1. The van der Waals surface area contributed by atoms with Crippen molar-refractivity contribution >= 4 is 58.8 Å². The van der Waals surface area contributed by atoms with Crippen molar-refractivity contribution in [1.29, 1.82) is 0 Å². The zero-order valence-corrected chi connectivity index (χ0v) is 29.1. The molecule has 0 radical (unpaired) electrons. The van der Waals surface area contributed by atoms with Crippen LogP contribution in [0, 0.1) is 0 Å². The van der Waals surface area contributed by atoms with Gasteiger partial charge in [-0.2, -0.15) is 4.98 Å². The summed E-state index contributed by atoms with van der Waals surface area (Å²) >= 11 is 6.44. The van der Waals surface area contributed by atoms with Crippen LogP contribution in [-0.4, -0.2) is 94.2 Å². The molecule has 47 heavy (non-hydrogen) atoms. The molecule has 2 aliphatic rings. The first-order valence-corrected chi connectivity index (χ1v) is 19.3. The van der Waals surface area contributed by atoms with Crippen LogP contribution in [0.15, 0.2) is 48.7 Å². The van der Waals surface area contributed by atoms with Gasteiger partial charge in [0.1, 0.15) is 17.9 Å². The molecule has 2 aliphatic heterocycles. The Morgan fingerprint density at radius 3 is 2.53 bits per heavy atom. The van der Waals surface area contributed by atoms with E-state index in [0.29, 0.717) is 46.9 Å². The maximum absolute atomic E-state index is 12.8. The van der Waals surface area contributed by atoms with Crippen LogP contribution in [0.1, 0.15) is 25.7 Å². The second-order valence-electron chi connectivity index (χ2n) is 12.4. The van der Waals surface area contributed by atoms with Gasteiger partial charge in [0, 0.05) is 55.3 Å². The lowest BCUT2D eigenvalue weighted by molar-refractivity contribution is -0.121. The number of benzene rings is 2. The standard InChI is InChI=1S/C33H47ClN9O3P/c1-46-29-20-25(43-18-12-23(13-19-43)37-17-16-36-22-31(44)39-24-10-14-35-15-11-24)8-9-27(29)41-33-38-21-26(34)32(42-33)40-28-6-4-5-7-30(28)47(2,3)45/h4-9,20-21,23-24,35-37H,10-19,22H2,1-3H3,(H,39,44)(H2,38,40,41,42). The highest BCUT2D eigenvalue weighted by Crippen LogP contribution is 2.39. The van der Waals surface area contributed by atoms with Crippen molar-refractivity contribution in [3.63, 3.8) is 0 Å². The Bertz CT molecular complexity index is 1540. The van der Waals surface area contributed by atoms with Crippen molar-refractivity contribution < 1.29 is 14.1 Å². The summed E-state index contributed by atoms with van der Waals surface area (Å²) in [6.07, 6.45) is 5.58. The van der Waals surface area contributed by atoms with Gasteiger partial charge in [0.05, 0.1) is 31.2 Å². The molecule has 0 atom stereocenters. The summed E-state index contributed by atoms with van der Waals surface area (Å²) in [7, 11) is -0.881. The van der Waals surface area contributed by atoms with Crippen molar-refractivity contribution in [3.8, 4) is 5.75 Å². The molecule has 0 aliphatic carbocycles. The lowest BCUT2D eigenvalue weighted by atomic mass is 10.0. The normalized spacial score (nSPS) is 16.1. The van der Waals surface area contributed by atoms with E-state index in [0.717, 1.165) is 81.6 Å². The van der Waals surface area contributed by atoms with Crippen LogP contribution in [0.3, 0.4) is 0 Å². The maximum Gasteiger partial charge on any atom is 0.234 e. The molecule has 14 heteroatoms. The zero-order valence-electron chi connectivity index (χ0n) is 27.4. The molecule has 0 bridgehead atoms. The van der Waals surface area contributed by atoms with Gasteiger partial charge < -0.3 is 46.1 Å². The molecule has 6 N–H and O–H groups in total. The number of carbonyl (C=O) groups excluding carboxylic acids is 1. The molecule has 2 saturated heterocycles. The molecule has 2 fully saturated rings. The molecule has 1 amide bonds. The highest BCUT2D eigenvalue weighted by Gasteiger charge is 2.21. The third-order valence-corrected chi connectivity index (χ3v) is 10.3. The van der Waals surface area contributed by atoms with Crippen LogP contribution in [0.4, 0.5) is 28.8 Å². The molecule has 2 aromatic carbocycles. The van der Waals surface area contributed by atoms with Crippen LogP contribution in [0.25, 0.3) is 0 Å². The average Bonchev–Trinajstić information content (AvgIpc) is 3.07. The summed E-state index contributed by atoms with van der Waals surface area (Å²) in [5, 5.41) is 20.9. The van der Waals surface area contributed by atoms with E-state index >= 15 is 0 Å². The lowest BCUT2D eigenvalue weighted by Crippen LogP contribution is -2.47. The fraction of sp³-hybridized carbons (Fsp3) is 0.485. The van der Waals surface area contributed by atoms with Crippen LogP contribution in [0.5, 0.6) is 5.75 Å². The van der Waals surface area contributed by atoms with Crippen LogP contribution in [-0.2, 0) is 9.36 Å². The summed E-state index contributed by atoms with van der Waals surface area (Å²) in [6, 6.07) is 14.3. The van der Waals surface area contributed by atoms with Gasteiger partial charge in [0.15, 0.2) is 5.82 Å². The second kappa shape index (κ2) is 16.6. The van der Waals surface area contributed by atoms with E-state index < -0.39 is 7.14 Å². The number of methoxy groups -OCH3 is 1. The van der Waals surface area contributed by atoms with E-state index in [9.17, 15) is 9.36 Å². The minimum Gasteiger partial charge on any atom is -0.494 e. The van der Waals surface area contributed by atoms with Crippen molar-refractivity contribution in [2.45, 2.75) is 37.8 Å². The van der Waals surface area contributed by atoms with Crippen LogP contribution < -0.4 is 46.8 Å². The topological polar surface area (TPSA) is 145 Å². The molecule has 0 spiro atoms. The van der Waals surface area contributed by atoms with Crippen molar-refractivity contribution in [1.82, 2.24) is 31.2 Å². The average molecular weight is 684 g/mol. The highest BCUT2D eigenvalue weighted by molar-refractivity contribution is 7.70. The third kappa shape index (κ3) is 10.0. The maximum atomic E-state index is 12.8. The number of carbonyl (C=O) groups is 1. The number of amides is 1. The van der Waals surface area contributed by atoms with Crippen molar-refractivity contribution in [2.75, 3.05) is 81.8 Å². The van der Waals surface area contributed by atoms with E-state index in [1.807, 2.05) is 36.4 Å². The highest BCUT2D eigenvalue weighted by atomic mass is 35.5. The van der Waals surface area contributed by atoms with E-state index in [-0.39, 0.29) is 5.91 Å². The minimum absolute atomic E-state index is 0.0767. The Balaban J connectivity index is 1.10. The van der Waals surface area contributed by atoms with Crippen LogP contribution in [0.2, 0.25) is 5.02 Å². The number of aromatic nitrogens is 2. The van der Waals surface area contributed by atoms with Crippen molar-refractivity contribution in [3.05, 3.63) is 53.7 Å². The largest absolute Gasteiger partial charge is 0.494 e. The number of nitrogens with one attached hydrogen (secondary N) is 6. The van der Waals surface area contributed by atoms with Gasteiger partial charge in [-0.3, -0.25) is 4.79 Å². The molecule has 0 saturated carbocycles. The van der Waals surface area contributed by atoms with Gasteiger partial charge in [-0.05, 0) is 76.4 Å². The molecular formula is C33H47ClN9O3P. The number of ether oxygens (including phenoxy) is 1. The monoisotopic (exact) mass is 683 g/mol. The van der Waals surface area contributed by atoms with Gasteiger partial charge in [-0.25, -0.2) is 4.98 Å². The fourth-order valence-electron chi connectivity index (χ4n) is 5.95. The Kier molecular flexibility index (Phi) is 12.3. The Morgan fingerprint density at radius 2 is 1.79 bits per heavy atom. The molecular weight excluding hydrogens is 637 g/mol. The van der Waals surface area contributed by atoms with E-state index in [1.54, 1.807) is 20.4 Å². The Hall–Kier alpha value is -3.41. The van der Waals surface area contributed by atoms with Gasteiger partial charge >= 0.3 is 0 Å². The summed E-state index contributed by atoms with van der Waals surface area (Å²) < 4.78 is 18.6. The number of anilines is 5. The number of para-hydroxylation sites is 1. The smallest absolute Gasteiger partial charge is 0.234 e. The van der Waals surface area contributed by atoms with E-state index in [4.69, 9.17) is 16.3 Å². The molecule has 0 unspecified atom stereocenters. The van der Waals surface area contributed by atoms with E-state index in [1.165, 1.54) is 6.20 Å². The first kappa shape index (κ1) is 34.9. The van der Waals surface area contributed by atoms with E-state index in [2.05, 4.69) is 52.8 Å². The molecule has 1 aromatic heterocycles. The number of hydrogen-bond acceptors (Lipinski definition) is 11. The molecule has 3 aromatic rings. The first-order chi connectivity index (χ1) is 22.7. The molecule has 12 nitrogen and oxygen atoms in total. The summed E-state index contributed by atoms with van der Waals surface area (Å²) in [5.41, 5.74) is 2.51. The Labute approximate surface area is 282 Å².